The number of nitro benzene ring substituents is 1. The highest BCUT2D eigenvalue weighted by molar-refractivity contribution is 5.76. The van der Waals surface area contributed by atoms with Crippen LogP contribution in [0.5, 0.6) is 0 Å². The van der Waals surface area contributed by atoms with Gasteiger partial charge < -0.3 is 4.74 Å². The molecule has 1 N–H and O–H groups in total. The van der Waals surface area contributed by atoms with Gasteiger partial charge in [0, 0.05) is 18.2 Å². The lowest BCUT2D eigenvalue weighted by molar-refractivity contribution is -0.384. The molecule has 0 radical (unpaired) electrons. The second-order valence-corrected chi connectivity index (χ2v) is 4.99. The molecule has 1 unspecified atom stereocenters. The van der Waals surface area contributed by atoms with Crippen LogP contribution in [0, 0.1) is 16.0 Å². The second kappa shape index (κ2) is 7.00. The maximum absolute atomic E-state index is 11.7. The van der Waals surface area contributed by atoms with Gasteiger partial charge >= 0.3 is 5.97 Å². The zero-order valence-corrected chi connectivity index (χ0v) is 12.1. The van der Waals surface area contributed by atoms with Crippen molar-refractivity contribution < 1.29 is 14.5 Å². The van der Waals surface area contributed by atoms with Gasteiger partial charge in [0.2, 0.25) is 0 Å². The fraction of sp³-hybridized carbons (Fsp3) is 0.500. The summed E-state index contributed by atoms with van der Waals surface area (Å²) in [5.74, 6) is -0.277. The van der Waals surface area contributed by atoms with Crippen LogP contribution in [-0.2, 0) is 9.53 Å². The van der Waals surface area contributed by atoms with Crippen LogP contribution < -0.4 is 5.32 Å². The Morgan fingerprint density at radius 1 is 1.35 bits per heavy atom. The number of rotatable bonds is 6. The Morgan fingerprint density at radius 2 is 2.00 bits per heavy atom. The Bertz CT molecular complexity index is 488. The lowest BCUT2D eigenvalue weighted by Gasteiger charge is -2.24. The van der Waals surface area contributed by atoms with Crippen LogP contribution in [0.3, 0.4) is 0 Å². The third-order valence-corrected chi connectivity index (χ3v) is 3.13. The van der Waals surface area contributed by atoms with Crippen LogP contribution in [0.2, 0.25) is 0 Å². The van der Waals surface area contributed by atoms with Crippen molar-refractivity contribution in [2.24, 2.45) is 5.92 Å². The number of nitrogens with zero attached hydrogens (tertiary/aromatic N) is 1. The van der Waals surface area contributed by atoms with Crippen molar-refractivity contribution in [3.8, 4) is 0 Å². The van der Waals surface area contributed by atoms with Crippen molar-refractivity contribution in [1.29, 1.82) is 0 Å². The summed E-state index contributed by atoms with van der Waals surface area (Å²) in [4.78, 5) is 22.0. The van der Waals surface area contributed by atoms with Crippen molar-refractivity contribution >= 4 is 11.7 Å². The van der Waals surface area contributed by atoms with Crippen molar-refractivity contribution in [3.63, 3.8) is 0 Å². The average molecular weight is 280 g/mol. The molecule has 0 amide bonds. The number of non-ortho nitro benzene ring substituents is 1. The Kier molecular flexibility index (Phi) is 5.64. The molecule has 0 saturated heterocycles. The van der Waals surface area contributed by atoms with Gasteiger partial charge in [-0.15, -0.1) is 0 Å². The third-order valence-electron chi connectivity index (χ3n) is 3.13. The van der Waals surface area contributed by atoms with Gasteiger partial charge in [0.1, 0.15) is 6.04 Å². The summed E-state index contributed by atoms with van der Waals surface area (Å²) < 4.78 is 4.76. The van der Waals surface area contributed by atoms with Crippen LogP contribution in [0.25, 0.3) is 0 Å². The molecule has 0 bridgehead atoms. The van der Waals surface area contributed by atoms with Gasteiger partial charge in [0.15, 0.2) is 0 Å². The number of carbonyl (C=O) groups is 1. The van der Waals surface area contributed by atoms with E-state index in [0.717, 1.165) is 5.56 Å². The molecule has 0 fully saturated rings. The standard InChI is InChI=1S/C14H20N2O4/c1-9(2)13(14(17)20-4)15-10(3)11-6-5-7-12(8-11)16(18)19/h5-10,13,15H,1-4H3/t10?,13-/m0/s1. The molecule has 0 heterocycles. The Balaban J connectivity index is 2.88. The van der Waals surface area contributed by atoms with Gasteiger partial charge in [-0.2, -0.15) is 0 Å². The van der Waals surface area contributed by atoms with Crippen LogP contribution >= 0.6 is 0 Å². The number of hydrogen-bond donors (Lipinski definition) is 1. The van der Waals surface area contributed by atoms with E-state index in [-0.39, 0.29) is 23.6 Å². The lowest BCUT2D eigenvalue weighted by atomic mass is 10.0. The van der Waals surface area contributed by atoms with E-state index in [9.17, 15) is 14.9 Å². The summed E-state index contributed by atoms with van der Waals surface area (Å²) in [6.07, 6.45) is 0. The number of methoxy groups -OCH3 is 1. The molecular formula is C14H20N2O4. The van der Waals surface area contributed by atoms with Gasteiger partial charge in [-0.1, -0.05) is 26.0 Å². The molecule has 0 spiro atoms. The van der Waals surface area contributed by atoms with Crippen LogP contribution in [0.4, 0.5) is 5.69 Å². The highest BCUT2D eigenvalue weighted by atomic mass is 16.6. The first-order valence-corrected chi connectivity index (χ1v) is 6.45. The van der Waals surface area contributed by atoms with E-state index in [0.29, 0.717) is 0 Å². The molecule has 1 aromatic carbocycles. The Morgan fingerprint density at radius 3 is 2.50 bits per heavy atom. The van der Waals surface area contributed by atoms with Crippen LogP contribution in [0.15, 0.2) is 24.3 Å². The van der Waals surface area contributed by atoms with E-state index in [2.05, 4.69) is 5.32 Å². The first kappa shape index (κ1) is 16.1. The summed E-state index contributed by atoms with van der Waals surface area (Å²) in [5, 5.41) is 13.9. The minimum atomic E-state index is -0.450. The van der Waals surface area contributed by atoms with Crippen molar-refractivity contribution in [2.75, 3.05) is 7.11 Å². The summed E-state index contributed by atoms with van der Waals surface area (Å²) in [7, 11) is 1.34. The minimum Gasteiger partial charge on any atom is -0.468 e. The smallest absolute Gasteiger partial charge is 0.323 e. The third kappa shape index (κ3) is 4.03. The summed E-state index contributed by atoms with van der Waals surface area (Å²) in [5.41, 5.74) is 0.795. The maximum Gasteiger partial charge on any atom is 0.323 e. The van der Waals surface area contributed by atoms with Gasteiger partial charge in [-0.25, -0.2) is 0 Å². The first-order valence-electron chi connectivity index (χ1n) is 6.45. The molecule has 6 nitrogen and oxygen atoms in total. The predicted molar refractivity (Wildman–Crippen MR) is 75.3 cm³/mol. The van der Waals surface area contributed by atoms with Crippen LogP contribution in [0.1, 0.15) is 32.4 Å². The largest absolute Gasteiger partial charge is 0.468 e. The number of nitro groups is 1. The van der Waals surface area contributed by atoms with Gasteiger partial charge in [0.05, 0.1) is 12.0 Å². The highest BCUT2D eigenvalue weighted by Crippen LogP contribution is 2.20. The van der Waals surface area contributed by atoms with E-state index >= 15 is 0 Å². The molecule has 1 aromatic rings. The zero-order chi connectivity index (χ0) is 15.3. The summed E-state index contributed by atoms with van der Waals surface area (Å²) in [6.45, 7) is 5.68. The molecule has 0 aliphatic carbocycles. The van der Waals surface area contributed by atoms with E-state index in [1.807, 2.05) is 20.8 Å². The number of esters is 1. The monoisotopic (exact) mass is 280 g/mol. The highest BCUT2D eigenvalue weighted by Gasteiger charge is 2.25. The SMILES string of the molecule is COC(=O)[C@@H](NC(C)c1cccc([N+](=O)[O-])c1)C(C)C. The Labute approximate surface area is 118 Å². The molecule has 0 aliphatic rings. The quantitative estimate of drug-likeness (QED) is 0.491. The number of carbonyl (C=O) groups excluding carboxylic acids is 1. The molecular weight excluding hydrogens is 260 g/mol. The molecule has 0 saturated carbocycles. The van der Waals surface area contributed by atoms with Gasteiger partial charge in [-0.3, -0.25) is 20.2 Å². The number of ether oxygens (including phenoxy) is 1. The summed E-state index contributed by atoms with van der Waals surface area (Å²) >= 11 is 0. The van der Waals surface area contributed by atoms with E-state index < -0.39 is 11.0 Å². The summed E-state index contributed by atoms with van der Waals surface area (Å²) in [6, 6.07) is 5.73. The predicted octanol–water partition coefficient (Wildman–Crippen LogP) is 2.44. The Hall–Kier alpha value is -1.95. The molecule has 1 rings (SSSR count). The van der Waals surface area contributed by atoms with Gasteiger partial charge in [0.25, 0.3) is 5.69 Å². The zero-order valence-electron chi connectivity index (χ0n) is 12.1. The molecule has 0 aliphatic heterocycles. The van der Waals surface area contributed by atoms with Crippen LogP contribution in [-0.4, -0.2) is 24.0 Å². The van der Waals surface area contributed by atoms with E-state index in [1.54, 1.807) is 12.1 Å². The minimum absolute atomic E-state index is 0.0373. The second-order valence-electron chi connectivity index (χ2n) is 4.99. The van der Waals surface area contributed by atoms with E-state index in [4.69, 9.17) is 4.74 Å². The molecule has 20 heavy (non-hydrogen) atoms. The maximum atomic E-state index is 11.7. The first-order chi connectivity index (χ1) is 9.36. The number of nitrogens with one attached hydrogen (secondary N) is 1. The topological polar surface area (TPSA) is 81.5 Å². The molecule has 0 aromatic heterocycles. The number of hydrogen-bond acceptors (Lipinski definition) is 5. The molecule has 110 valence electrons. The fourth-order valence-electron chi connectivity index (χ4n) is 1.93. The average Bonchev–Trinajstić information content (AvgIpc) is 2.43. The normalized spacial score (nSPS) is 13.8. The molecule has 6 heteroatoms. The van der Waals surface area contributed by atoms with Crippen molar-refractivity contribution in [1.82, 2.24) is 5.32 Å². The fourth-order valence-corrected chi connectivity index (χ4v) is 1.93. The lowest BCUT2D eigenvalue weighted by Crippen LogP contribution is -2.42. The number of benzene rings is 1. The van der Waals surface area contributed by atoms with Gasteiger partial charge in [-0.05, 0) is 18.4 Å². The van der Waals surface area contributed by atoms with E-state index in [1.165, 1.54) is 19.2 Å². The van der Waals surface area contributed by atoms with Crippen molar-refractivity contribution in [2.45, 2.75) is 32.9 Å². The van der Waals surface area contributed by atoms with Crippen molar-refractivity contribution in [3.05, 3.63) is 39.9 Å². The molecule has 2 atom stereocenters.